The van der Waals surface area contributed by atoms with E-state index in [0.717, 1.165) is 12.3 Å². The Morgan fingerprint density at radius 2 is 2.17 bits per heavy atom. The number of carbonyl (C=O) groups excluding carboxylic acids is 1. The van der Waals surface area contributed by atoms with Crippen molar-refractivity contribution >= 4 is 11.7 Å². The molecular weight excluding hydrogens is 230 g/mol. The molecular formula is C13H23N3O2. The highest BCUT2D eigenvalue weighted by atomic mass is 16.4. The minimum Gasteiger partial charge on any atom is -0.409 e. The van der Waals surface area contributed by atoms with E-state index < -0.39 is 5.41 Å². The molecule has 5 heteroatoms. The molecule has 0 aromatic heterocycles. The molecule has 102 valence electrons. The van der Waals surface area contributed by atoms with E-state index in [-0.39, 0.29) is 17.8 Å². The first-order chi connectivity index (χ1) is 8.48. The number of rotatable bonds is 5. The number of carbonyl (C=O) groups is 1. The van der Waals surface area contributed by atoms with Crippen molar-refractivity contribution < 1.29 is 10.0 Å². The summed E-state index contributed by atoms with van der Waals surface area (Å²) < 4.78 is 0. The van der Waals surface area contributed by atoms with E-state index in [4.69, 9.17) is 10.9 Å². The Morgan fingerprint density at radius 1 is 1.56 bits per heavy atom. The van der Waals surface area contributed by atoms with Gasteiger partial charge in [0.15, 0.2) is 5.84 Å². The number of oxime groups is 1. The SMILES string of the molecule is CC1CC(C(=O)NC(C)CC2CC2)(C(N)=NO)C1. The van der Waals surface area contributed by atoms with Crippen LogP contribution in [-0.2, 0) is 4.79 Å². The smallest absolute Gasteiger partial charge is 0.234 e. The van der Waals surface area contributed by atoms with Gasteiger partial charge in [-0.1, -0.05) is 24.9 Å². The van der Waals surface area contributed by atoms with Crippen LogP contribution in [0.4, 0.5) is 0 Å². The van der Waals surface area contributed by atoms with Gasteiger partial charge in [-0.3, -0.25) is 4.79 Å². The molecule has 4 N–H and O–H groups in total. The zero-order valence-electron chi connectivity index (χ0n) is 11.1. The van der Waals surface area contributed by atoms with E-state index in [1.807, 2.05) is 6.92 Å². The predicted octanol–water partition coefficient (Wildman–Crippen LogP) is 1.45. The van der Waals surface area contributed by atoms with Gasteiger partial charge in [0, 0.05) is 6.04 Å². The average Bonchev–Trinajstić information content (AvgIpc) is 3.06. The summed E-state index contributed by atoms with van der Waals surface area (Å²) in [5, 5.41) is 14.9. The van der Waals surface area contributed by atoms with Gasteiger partial charge >= 0.3 is 0 Å². The molecule has 5 nitrogen and oxygen atoms in total. The largest absolute Gasteiger partial charge is 0.409 e. The van der Waals surface area contributed by atoms with E-state index in [9.17, 15) is 4.79 Å². The molecule has 18 heavy (non-hydrogen) atoms. The molecule has 0 heterocycles. The minimum absolute atomic E-state index is 0.0525. The molecule has 2 aliphatic rings. The Morgan fingerprint density at radius 3 is 2.61 bits per heavy atom. The van der Waals surface area contributed by atoms with E-state index >= 15 is 0 Å². The summed E-state index contributed by atoms with van der Waals surface area (Å²) in [6, 6.07) is 0.171. The van der Waals surface area contributed by atoms with Crippen LogP contribution in [0.15, 0.2) is 5.16 Å². The number of nitrogens with zero attached hydrogens (tertiary/aromatic N) is 1. The first-order valence-electron chi connectivity index (χ1n) is 6.77. The Labute approximate surface area is 108 Å². The van der Waals surface area contributed by atoms with Crippen molar-refractivity contribution in [3.8, 4) is 0 Å². The van der Waals surface area contributed by atoms with Crippen LogP contribution in [0.5, 0.6) is 0 Å². The van der Waals surface area contributed by atoms with E-state index in [1.54, 1.807) is 0 Å². The van der Waals surface area contributed by atoms with Crippen LogP contribution in [-0.4, -0.2) is 23.0 Å². The molecule has 0 aromatic carbocycles. The van der Waals surface area contributed by atoms with Gasteiger partial charge in [0.25, 0.3) is 0 Å². The Bertz CT molecular complexity index is 357. The number of hydrogen-bond donors (Lipinski definition) is 3. The summed E-state index contributed by atoms with van der Waals surface area (Å²) in [6.45, 7) is 4.10. The van der Waals surface area contributed by atoms with Crippen LogP contribution in [0.2, 0.25) is 0 Å². The predicted molar refractivity (Wildman–Crippen MR) is 69.2 cm³/mol. The molecule has 0 aliphatic heterocycles. The maximum atomic E-state index is 12.3. The molecule has 1 atom stereocenters. The second-order valence-electron chi connectivity index (χ2n) is 6.13. The summed E-state index contributed by atoms with van der Waals surface area (Å²) in [7, 11) is 0. The molecule has 2 fully saturated rings. The zero-order valence-corrected chi connectivity index (χ0v) is 11.1. The van der Waals surface area contributed by atoms with Crippen molar-refractivity contribution in [2.24, 2.45) is 28.1 Å². The highest BCUT2D eigenvalue weighted by molar-refractivity contribution is 6.07. The quantitative estimate of drug-likeness (QED) is 0.300. The first-order valence-corrected chi connectivity index (χ1v) is 6.77. The zero-order chi connectivity index (χ0) is 13.3. The van der Waals surface area contributed by atoms with Crippen LogP contribution < -0.4 is 11.1 Å². The summed E-state index contributed by atoms with van der Waals surface area (Å²) in [6.07, 6.45) is 4.94. The molecule has 0 bridgehead atoms. The first kappa shape index (κ1) is 13.2. The van der Waals surface area contributed by atoms with Crippen molar-refractivity contribution in [2.45, 2.75) is 52.0 Å². The summed E-state index contributed by atoms with van der Waals surface area (Å²) in [5.41, 5.74) is 4.93. The second-order valence-corrected chi connectivity index (χ2v) is 6.13. The topological polar surface area (TPSA) is 87.7 Å². The van der Waals surface area contributed by atoms with Crippen molar-refractivity contribution in [3.05, 3.63) is 0 Å². The number of hydrogen-bond acceptors (Lipinski definition) is 3. The van der Waals surface area contributed by atoms with Gasteiger partial charge in [0.2, 0.25) is 5.91 Å². The lowest BCUT2D eigenvalue weighted by molar-refractivity contribution is -0.133. The minimum atomic E-state index is -0.772. The molecule has 0 spiro atoms. The maximum Gasteiger partial charge on any atom is 0.234 e. The Hall–Kier alpha value is -1.26. The number of nitrogens with one attached hydrogen (secondary N) is 1. The van der Waals surface area contributed by atoms with Gasteiger partial charge in [0.1, 0.15) is 5.41 Å². The lowest BCUT2D eigenvalue weighted by atomic mass is 9.61. The van der Waals surface area contributed by atoms with Crippen molar-refractivity contribution in [3.63, 3.8) is 0 Å². The van der Waals surface area contributed by atoms with Crippen molar-refractivity contribution in [2.75, 3.05) is 0 Å². The summed E-state index contributed by atoms with van der Waals surface area (Å²) in [5.74, 6) is 1.20. The molecule has 2 saturated carbocycles. The molecule has 1 unspecified atom stereocenters. The van der Waals surface area contributed by atoms with Crippen LogP contribution in [0.25, 0.3) is 0 Å². The van der Waals surface area contributed by atoms with Gasteiger partial charge in [0.05, 0.1) is 0 Å². The van der Waals surface area contributed by atoms with Gasteiger partial charge in [-0.2, -0.15) is 0 Å². The number of amidine groups is 1. The highest BCUT2D eigenvalue weighted by Gasteiger charge is 2.52. The average molecular weight is 253 g/mol. The van der Waals surface area contributed by atoms with E-state index in [0.29, 0.717) is 18.8 Å². The summed E-state index contributed by atoms with van der Waals surface area (Å²) >= 11 is 0. The van der Waals surface area contributed by atoms with Crippen LogP contribution >= 0.6 is 0 Å². The maximum absolute atomic E-state index is 12.3. The van der Waals surface area contributed by atoms with Crippen LogP contribution in [0, 0.1) is 17.3 Å². The lowest BCUT2D eigenvalue weighted by Crippen LogP contribution is -2.58. The second kappa shape index (κ2) is 4.78. The lowest BCUT2D eigenvalue weighted by Gasteiger charge is -2.44. The molecule has 1 amide bonds. The molecule has 2 rings (SSSR count). The molecule has 2 aliphatic carbocycles. The molecule has 0 radical (unpaired) electrons. The molecule has 0 saturated heterocycles. The number of amides is 1. The van der Waals surface area contributed by atoms with Gasteiger partial charge in [-0.25, -0.2) is 0 Å². The monoisotopic (exact) mass is 253 g/mol. The van der Waals surface area contributed by atoms with Gasteiger partial charge in [-0.05, 0) is 38.0 Å². The van der Waals surface area contributed by atoms with E-state index in [1.165, 1.54) is 12.8 Å². The number of nitrogens with two attached hydrogens (primary N) is 1. The fourth-order valence-corrected chi connectivity index (χ4v) is 3.01. The van der Waals surface area contributed by atoms with Crippen LogP contribution in [0.3, 0.4) is 0 Å². The standard InChI is InChI=1S/C13H23N3O2/c1-8-6-13(7-8,11(14)16-18)12(17)15-9(2)5-10-3-4-10/h8-10,18H,3-7H2,1-2H3,(H2,14,16)(H,15,17). The third-order valence-corrected chi connectivity index (χ3v) is 4.19. The van der Waals surface area contributed by atoms with Crippen molar-refractivity contribution in [1.29, 1.82) is 0 Å². The Kier molecular flexibility index (Phi) is 3.50. The fraction of sp³-hybridized carbons (Fsp3) is 0.846. The van der Waals surface area contributed by atoms with Crippen LogP contribution in [0.1, 0.15) is 46.0 Å². The summed E-state index contributed by atoms with van der Waals surface area (Å²) in [4.78, 5) is 12.3. The third kappa shape index (κ3) is 2.44. The van der Waals surface area contributed by atoms with Gasteiger partial charge < -0.3 is 16.3 Å². The Balaban J connectivity index is 1.96. The van der Waals surface area contributed by atoms with Gasteiger partial charge in [-0.15, -0.1) is 0 Å². The third-order valence-electron chi connectivity index (χ3n) is 4.19. The highest BCUT2D eigenvalue weighted by Crippen LogP contribution is 2.46. The van der Waals surface area contributed by atoms with Crippen molar-refractivity contribution in [1.82, 2.24) is 5.32 Å². The normalized spacial score (nSPS) is 33.7. The van der Waals surface area contributed by atoms with E-state index in [2.05, 4.69) is 17.4 Å². The fourth-order valence-electron chi connectivity index (χ4n) is 3.01. The molecule has 0 aromatic rings.